The van der Waals surface area contributed by atoms with Gasteiger partial charge < -0.3 is 5.73 Å². The standard InChI is InChI=1S/C14H19N3O2S/c1-10-5-6-17(11(2)7-10)20(18,19)14-4-3-13(16)8-12(14)9-15/h3-4,8,10-11H,5-7,16H2,1-2H3. The minimum atomic E-state index is -3.64. The fourth-order valence-corrected chi connectivity index (χ4v) is 4.51. The highest BCUT2D eigenvalue weighted by Crippen LogP contribution is 2.29. The van der Waals surface area contributed by atoms with Gasteiger partial charge in [0, 0.05) is 18.3 Å². The van der Waals surface area contributed by atoms with Crippen molar-refractivity contribution in [2.45, 2.75) is 37.6 Å². The Morgan fingerprint density at radius 2 is 2.10 bits per heavy atom. The highest BCUT2D eigenvalue weighted by Gasteiger charge is 2.34. The van der Waals surface area contributed by atoms with Gasteiger partial charge in [-0.05, 0) is 43.9 Å². The fraction of sp³-hybridized carbons (Fsp3) is 0.500. The molecule has 1 aromatic rings. The van der Waals surface area contributed by atoms with E-state index in [-0.39, 0.29) is 16.5 Å². The number of nitrogens with zero attached hydrogens (tertiary/aromatic N) is 2. The molecule has 2 N–H and O–H groups in total. The van der Waals surface area contributed by atoms with Crippen molar-refractivity contribution >= 4 is 15.7 Å². The molecule has 1 saturated heterocycles. The van der Waals surface area contributed by atoms with Gasteiger partial charge in [-0.15, -0.1) is 0 Å². The Morgan fingerprint density at radius 3 is 2.70 bits per heavy atom. The van der Waals surface area contributed by atoms with Crippen LogP contribution in [0.2, 0.25) is 0 Å². The summed E-state index contributed by atoms with van der Waals surface area (Å²) in [5.74, 6) is 0.526. The van der Waals surface area contributed by atoms with Crippen LogP contribution in [0, 0.1) is 17.2 Å². The van der Waals surface area contributed by atoms with E-state index in [0.29, 0.717) is 18.2 Å². The van der Waals surface area contributed by atoms with E-state index in [4.69, 9.17) is 11.0 Å². The second-order valence-electron chi connectivity index (χ2n) is 5.46. The van der Waals surface area contributed by atoms with Crippen LogP contribution in [-0.2, 0) is 10.0 Å². The summed E-state index contributed by atoms with van der Waals surface area (Å²) in [6.45, 7) is 4.54. The zero-order valence-electron chi connectivity index (χ0n) is 11.7. The van der Waals surface area contributed by atoms with Gasteiger partial charge >= 0.3 is 0 Å². The minimum absolute atomic E-state index is 0.0483. The predicted molar refractivity (Wildman–Crippen MR) is 77.3 cm³/mol. The van der Waals surface area contributed by atoms with E-state index in [9.17, 15) is 8.42 Å². The zero-order valence-corrected chi connectivity index (χ0v) is 12.5. The number of piperidine rings is 1. The number of nitrogen functional groups attached to an aromatic ring is 1. The van der Waals surface area contributed by atoms with Crippen LogP contribution in [-0.4, -0.2) is 25.3 Å². The van der Waals surface area contributed by atoms with Gasteiger partial charge in [0.1, 0.15) is 11.0 Å². The largest absolute Gasteiger partial charge is 0.399 e. The Balaban J connectivity index is 2.43. The van der Waals surface area contributed by atoms with E-state index in [1.54, 1.807) is 0 Å². The third-order valence-electron chi connectivity index (χ3n) is 3.79. The summed E-state index contributed by atoms with van der Waals surface area (Å²) >= 11 is 0. The van der Waals surface area contributed by atoms with Crippen LogP contribution in [0.15, 0.2) is 23.1 Å². The van der Waals surface area contributed by atoms with E-state index in [0.717, 1.165) is 12.8 Å². The first-order chi connectivity index (χ1) is 9.36. The lowest BCUT2D eigenvalue weighted by Crippen LogP contribution is -2.44. The molecule has 1 aliphatic heterocycles. The molecule has 1 heterocycles. The molecule has 2 rings (SSSR count). The molecular formula is C14H19N3O2S. The van der Waals surface area contributed by atoms with E-state index in [2.05, 4.69) is 6.92 Å². The highest BCUT2D eigenvalue weighted by molar-refractivity contribution is 7.89. The second-order valence-corrected chi connectivity index (χ2v) is 7.32. The number of hydrogen-bond donors (Lipinski definition) is 1. The number of anilines is 1. The number of nitrogens with two attached hydrogens (primary N) is 1. The molecule has 0 aromatic heterocycles. The van der Waals surface area contributed by atoms with Crippen molar-refractivity contribution in [3.63, 3.8) is 0 Å². The molecule has 2 unspecified atom stereocenters. The van der Waals surface area contributed by atoms with Gasteiger partial charge in [0.2, 0.25) is 10.0 Å². The molecule has 108 valence electrons. The first-order valence-electron chi connectivity index (χ1n) is 6.67. The SMILES string of the molecule is CC1CCN(S(=O)(=O)c2ccc(N)cc2C#N)C(C)C1. The highest BCUT2D eigenvalue weighted by atomic mass is 32.2. The summed E-state index contributed by atoms with van der Waals surface area (Å²) in [7, 11) is -3.64. The molecule has 1 aromatic carbocycles. The monoisotopic (exact) mass is 293 g/mol. The molecule has 0 radical (unpaired) electrons. The van der Waals surface area contributed by atoms with Crippen LogP contribution in [0.25, 0.3) is 0 Å². The third-order valence-corrected chi connectivity index (χ3v) is 5.86. The predicted octanol–water partition coefficient (Wildman–Crippen LogP) is 1.95. The van der Waals surface area contributed by atoms with Gasteiger partial charge in [-0.1, -0.05) is 6.92 Å². The summed E-state index contributed by atoms with van der Waals surface area (Å²) in [6.07, 6.45) is 1.69. The minimum Gasteiger partial charge on any atom is -0.399 e. The van der Waals surface area contributed by atoms with Crippen LogP contribution in [0.4, 0.5) is 5.69 Å². The van der Waals surface area contributed by atoms with Gasteiger partial charge in [-0.25, -0.2) is 8.42 Å². The Morgan fingerprint density at radius 1 is 1.40 bits per heavy atom. The normalized spacial score (nSPS) is 24.2. The van der Waals surface area contributed by atoms with E-state index >= 15 is 0 Å². The van der Waals surface area contributed by atoms with Crippen molar-refractivity contribution in [1.82, 2.24) is 4.31 Å². The molecule has 1 fully saturated rings. The molecule has 0 amide bonds. The molecule has 0 saturated carbocycles. The van der Waals surface area contributed by atoms with Gasteiger partial charge in [-0.3, -0.25) is 0 Å². The molecule has 20 heavy (non-hydrogen) atoms. The number of sulfonamides is 1. The summed E-state index contributed by atoms with van der Waals surface area (Å²) < 4.78 is 27.0. The Labute approximate surface area is 120 Å². The molecule has 6 heteroatoms. The smallest absolute Gasteiger partial charge is 0.244 e. The molecule has 2 atom stereocenters. The third kappa shape index (κ3) is 2.65. The van der Waals surface area contributed by atoms with Crippen molar-refractivity contribution in [2.75, 3.05) is 12.3 Å². The van der Waals surface area contributed by atoms with E-state index in [1.807, 2.05) is 13.0 Å². The number of nitriles is 1. The lowest BCUT2D eigenvalue weighted by atomic mass is 9.95. The average molecular weight is 293 g/mol. The Bertz CT molecular complexity index is 649. The average Bonchev–Trinajstić information content (AvgIpc) is 2.37. The first kappa shape index (κ1) is 14.8. The van der Waals surface area contributed by atoms with E-state index < -0.39 is 10.0 Å². The fourth-order valence-electron chi connectivity index (χ4n) is 2.73. The first-order valence-corrected chi connectivity index (χ1v) is 8.11. The zero-order chi connectivity index (χ0) is 14.9. The molecule has 5 nitrogen and oxygen atoms in total. The van der Waals surface area contributed by atoms with Gasteiger partial charge in [0.05, 0.1) is 5.56 Å². The molecule has 1 aliphatic rings. The van der Waals surface area contributed by atoms with Crippen molar-refractivity contribution in [3.8, 4) is 6.07 Å². The van der Waals surface area contributed by atoms with Crippen LogP contribution in [0.5, 0.6) is 0 Å². The maximum Gasteiger partial charge on any atom is 0.244 e. The summed E-state index contributed by atoms with van der Waals surface area (Å²) in [6, 6.07) is 6.22. The van der Waals surface area contributed by atoms with Crippen LogP contribution >= 0.6 is 0 Å². The molecular weight excluding hydrogens is 274 g/mol. The molecule has 0 aliphatic carbocycles. The van der Waals surface area contributed by atoms with Crippen LogP contribution in [0.1, 0.15) is 32.3 Å². The number of hydrogen-bond acceptors (Lipinski definition) is 4. The van der Waals surface area contributed by atoms with Crippen molar-refractivity contribution in [3.05, 3.63) is 23.8 Å². The maximum absolute atomic E-state index is 12.7. The van der Waals surface area contributed by atoms with Gasteiger partial charge in [0.15, 0.2) is 0 Å². The quantitative estimate of drug-likeness (QED) is 0.844. The van der Waals surface area contributed by atoms with Crippen molar-refractivity contribution < 1.29 is 8.42 Å². The van der Waals surface area contributed by atoms with Gasteiger partial charge in [0.25, 0.3) is 0 Å². The molecule has 0 bridgehead atoms. The summed E-state index contributed by atoms with van der Waals surface area (Å²) in [4.78, 5) is 0.0515. The summed E-state index contributed by atoms with van der Waals surface area (Å²) in [5, 5.41) is 9.12. The summed E-state index contributed by atoms with van der Waals surface area (Å²) in [5.41, 5.74) is 6.11. The second kappa shape index (κ2) is 5.43. The van der Waals surface area contributed by atoms with Crippen molar-refractivity contribution in [1.29, 1.82) is 5.26 Å². The number of rotatable bonds is 2. The topological polar surface area (TPSA) is 87.2 Å². The lowest BCUT2D eigenvalue weighted by molar-refractivity contribution is 0.220. The van der Waals surface area contributed by atoms with Crippen LogP contribution in [0.3, 0.4) is 0 Å². The lowest BCUT2D eigenvalue weighted by Gasteiger charge is -2.35. The van der Waals surface area contributed by atoms with Crippen LogP contribution < -0.4 is 5.73 Å². The van der Waals surface area contributed by atoms with E-state index in [1.165, 1.54) is 22.5 Å². The Kier molecular flexibility index (Phi) is 4.02. The maximum atomic E-state index is 12.7. The number of benzene rings is 1. The Hall–Kier alpha value is -1.58. The molecule has 0 spiro atoms. The van der Waals surface area contributed by atoms with Crippen molar-refractivity contribution in [2.24, 2.45) is 5.92 Å². The van der Waals surface area contributed by atoms with Gasteiger partial charge in [-0.2, -0.15) is 9.57 Å².